The molecule has 1 amide bonds. The van der Waals surface area contributed by atoms with Crippen molar-refractivity contribution >= 4 is 16.8 Å². The summed E-state index contributed by atoms with van der Waals surface area (Å²) >= 11 is 0. The van der Waals surface area contributed by atoms with Crippen molar-refractivity contribution in [2.75, 3.05) is 19.7 Å². The van der Waals surface area contributed by atoms with Crippen LogP contribution >= 0.6 is 0 Å². The highest BCUT2D eigenvalue weighted by molar-refractivity contribution is 5.97. The van der Waals surface area contributed by atoms with Crippen molar-refractivity contribution in [2.24, 2.45) is 0 Å². The fourth-order valence-electron chi connectivity index (χ4n) is 4.44. The molecular weight excluding hydrogens is 374 g/mol. The van der Waals surface area contributed by atoms with Gasteiger partial charge in [-0.3, -0.25) is 4.79 Å². The lowest BCUT2D eigenvalue weighted by atomic mass is 9.92. The molecule has 0 bridgehead atoms. The molecule has 5 nitrogen and oxygen atoms in total. The number of hydrogen-bond donors (Lipinski definition) is 0. The summed E-state index contributed by atoms with van der Waals surface area (Å²) in [5, 5.41) is 11.0. The number of hydrogen-bond acceptors (Lipinski definition) is 3. The van der Waals surface area contributed by atoms with E-state index in [1.807, 2.05) is 48.2 Å². The number of carbonyl (C=O) groups excluding carboxylic acids is 1. The lowest BCUT2D eigenvalue weighted by Gasteiger charge is -2.31. The maximum absolute atomic E-state index is 12.5. The number of likely N-dealkylation sites (tertiary alicyclic amines) is 1. The van der Waals surface area contributed by atoms with Crippen LogP contribution < -0.4 is 4.74 Å². The molecule has 1 aromatic heterocycles. The Kier molecular flexibility index (Phi) is 4.71. The zero-order valence-corrected chi connectivity index (χ0v) is 17.2. The summed E-state index contributed by atoms with van der Waals surface area (Å²) in [6.45, 7) is 4.28. The van der Waals surface area contributed by atoms with Gasteiger partial charge in [-0.2, -0.15) is 5.26 Å². The maximum atomic E-state index is 12.5. The zero-order chi connectivity index (χ0) is 20.7. The van der Waals surface area contributed by atoms with Gasteiger partial charge in [-0.1, -0.05) is 12.1 Å². The molecule has 1 saturated heterocycles. The second-order valence-electron chi connectivity index (χ2n) is 8.13. The van der Waals surface area contributed by atoms with Crippen molar-refractivity contribution in [3.63, 3.8) is 0 Å². The first-order valence-electron chi connectivity index (χ1n) is 10.8. The quantitative estimate of drug-likeness (QED) is 0.596. The van der Waals surface area contributed by atoms with E-state index in [0.29, 0.717) is 23.8 Å². The number of aromatic nitrogens is 1. The van der Waals surface area contributed by atoms with Gasteiger partial charge in [-0.15, -0.1) is 0 Å². The molecule has 0 N–H and O–H groups in total. The third-order valence-electron chi connectivity index (χ3n) is 6.39. The molecule has 2 aromatic carbocycles. The van der Waals surface area contributed by atoms with Gasteiger partial charge in [0.1, 0.15) is 11.8 Å². The van der Waals surface area contributed by atoms with Gasteiger partial charge in [0.05, 0.1) is 23.4 Å². The number of amides is 1. The predicted molar refractivity (Wildman–Crippen MR) is 117 cm³/mol. The van der Waals surface area contributed by atoms with E-state index in [9.17, 15) is 10.1 Å². The second-order valence-corrected chi connectivity index (χ2v) is 8.13. The summed E-state index contributed by atoms with van der Waals surface area (Å²) in [5.41, 5.74) is 4.39. The van der Waals surface area contributed by atoms with Crippen LogP contribution in [0.25, 0.3) is 22.2 Å². The van der Waals surface area contributed by atoms with E-state index in [2.05, 4.69) is 16.7 Å². The number of benzene rings is 2. The highest BCUT2D eigenvalue weighted by Crippen LogP contribution is 2.43. The van der Waals surface area contributed by atoms with Gasteiger partial charge in [0.2, 0.25) is 0 Å². The molecule has 0 unspecified atom stereocenters. The van der Waals surface area contributed by atoms with Crippen LogP contribution in [0.2, 0.25) is 0 Å². The average Bonchev–Trinajstić information content (AvgIpc) is 2.99. The zero-order valence-electron chi connectivity index (χ0n) is 17.2. The normalized spacial score (nSPS) is 16.1. The summed E-state index contributed by atoms with van der Waals surface area (Å²) < 4.78 is 8.06. The molecule has 0 spiro atoms. The van der Waals surface area contributed by atoms with E-state index in [4.69, 9.17) is 4.74 Å². The molecule has 2 heterocycles. The Morgan fingerprint density at radius 2 is 1.90 bits per heavy atom. The minimum atomic E-state index is 0.0919. The van der Waals surface area contributed by atoms with Crippen LogP contribution in [0.15, 0.2) is 42.5 Å². The highest BCUT2D eigenvalue weighted by Gasteiger charge is 2.28. The lowest BCUT2D eigenvalue weighted by Crippen LogP contribution is -2.41. The monoisotopic (exact) mass is 399 g/mol. The van der Waals surface area contributed by atoms with Gasteiger partial charge in [0, 0.05) is 36.1 Å². The van der Waals surface area contributed by atoms with E-state index in [0.717, 1.165) is 60.3 Å². The predicted octanol–water partition coefficient (Wildman–Crippen LogP) is 5.15. The molecule has 3 aromatic rings. The van der Waals surface area contributed by atoms with Crippen LogP contribution in [-0.4, -0.2) is 35.1 Å². The van der Waals surface area contributed by atoms with Crippen molar-refractivity contribution in [1.29, 1.82) is 5.26 Å². The Hall–Kier alpha value is -3.26. The Morgan fingerprint density at radius 3 is 2.47 bits per heavy atom. The summed E-state index contributed by atoms with van der Waals surface area (Å²) in [6.07, 6.45) is 4.53. The Labute approximate surface area is 176 Å². The SMILES string of the molecule is CCOc1ccc2c(C#N)c(-c3ccc(C(=O)N4CCC4)cc3)n(C3CCC3)c2c1. The molecule has 5 rings (SSSR count). The number of nitrogens with zero attached hydrogens (tertiary/aromatic N) is 3. The highest BCUT2D eigenvalue weighted by atomic mass is 16.5. The molecule has 1 aliphatic carbocycles. The van der Waals surface area contributed by atoms with Crippen molar-refractivity contribution in [2.45, 2.75) is 38.6 Å². The second kappa shape index (κ2) is 7.53. The molecule has 30 heavy (non-hydrogen) atoms. The number of rotatable bonds is 5. The minimum Gasteiger partial charge on any atom is -0.494 e. The third-order valence-corrected chi connectivity index (χ3v) is 6.39. The molecule has 0 radical (unpaired) electrons. The molecule has 2 fully saturated rings. The van der Waals surface area contributed by atoms with Gasteiger partial charge in [-0.05, 0) is 62.4 Å². The van der Waals surface area contributed by atoms with Crippen LogP contribution in [0.4, 0.5) is 0 Å². The van der Waals surface area contributed by atoms with E-state index in [1.54, 1.807) is 0 Å². The van der Waals surface area contributed by atoms with Crippen molar-refractivity contribution < 1.29 is 9.53 Å². The molecule has 5 heteroatoms. The van der Waals surface area contributed by atoms with Gasteiger partial charge in [-0.25, -0.2) is 0 Å². The first kappa shape index (κ1) is 18.7. The number of ether oxygens (including phenoxy) is 1. The van der Waals surface area contributed by atoms with Crippen LogP contribution in [-0.2, 0) is 0 Å². The first-order valence-corrected chi connectivity index (χ1v) is 10.8. The smallest absolute Gasteiger partial charge is 0.253 e. The summed E-state index contributed by atoms with van der Waals surface area (Å²) in [4.78, 5) is 14.4. The topological polar surface area (TPSA) is 58.3 Å². The molecule has 0 atom stereocenters. The van der Waals surface area contributed by atoms with Crippen LogP contribution in [0.1, 0.15) is 54.6 Å². The Bertz CT molecular complexity index is 1150. The fourth-order valence-corrected chi connectivity index (χ4v) is 4.44. The van der Waals surface area contributed by atoms with E-state index in [1.165, 1.54) is 6.42 Å². The van der Waals surface area contributed by atoms with Crippen LogP contribution in [0.5, 0.6) is 5.75 Å². The van der Waals surface area contributed by atoms with Gasteiger partial charge < -0.3 is 14.2 Å². The van der Waals surface area contributed by atoms with E-state index in [-0.39, 0.29) is 5.91 Å². The first-order chi connectivity index (χ1) is 14.7. The van der Waals surface area contributed by atoms with E-state index < -0.39 is 0 Å². The maximum Gasteiger partial charge on any atom is 0.253 e. The van der Waals surface area contributed by atoms with E-state index >= 15 is 0 Å². The molecular formula is C25H25N3O2. The van der Waals surface area contributed by atoms with Crippen LogP contribution in [0.3, 0.4) is 0 Å². The summed E-state index contributed by atoms with van der Waals surface area (Å²) in [6, 6.07) is 16.6. The molecule has 152 valence electrons. The minimum absolute atomic E-state index is 0.0919. The van der Waals surface area contributed by atoms with Crippen molar-refractivity contribution in [1.82, 2.24) is 9.47 Å². The summed E-state index contributed by atoms with van der Waals surface area (Å²) in [5.74, 6) is 0.920. The standard InChI is InChI=1S/C25H25N3O2/c1-2-30-20-11-12-21-22(16-26)24(28(23(21)15-20)19-5-3-6-19)17-7-9-18(10-8-17)25(29)27-13-4-14-27/h7-12,15,19H,2-6,13-14H2,1H3. The lowest BCUT2D eigenvalue weighted by molar-refractivity contribution is 0.0652. The molecule has 1 saturated carbocycles. The Morgan fingerprint density at radius 1 is 1.13 bits per heavy atom. The van der Waals surface area contributed by atoms with Gasteiger partial charge in [0.25, 0.3) is 5.91 Å². The average molecular weight is 399 g/mol. The Balaban J connectivity index is 1.64. The largest absolute Gasteiger partial charge is 0.494 e. The number of carbonyl (C=O) groups is 1. The molecule has 1 aliphatic heterocycles. The van der Waals surface area contributed by atoms with Crippen molar-refractivity contribution in [3.05, 3.63) is 53.6 Å². The van der Waals surface area contributed by atoms with Crippen molar-refractivity contribution in [3.8, 4) is 23.1 Å². The summed E-state index contributed by atoms with van der Waals surface area (Å²) in [7, 11) is 0. The number of nitriles is 1. The molecule has 2 aliphatic rings. The third kappa shape index (κ3) is 2.95. The van der Waals surface area contributed by atoms with Crippen LogP contribution in [0, 0.1) is 11.3 Å². The number of fused-ring (bicyclic) bond motifs is 1. The van der Waals surface area contributed by atoms with Gasteiger partial charge >= 0.3 is 0 Å². The van der Waals surface area contributed by atoms with Gasteiger partial charge in [0.15, 0.2) is 0 Å². The fraction of sp³-hybridized carbons (Fsp3) is 0.360.